The maximum Gasteiger partial charge on any atom is 0.338 e. The highest BCUT2D eigenvalue weighted by Gasteiger charge is 2.23. The van der Waals surface area contributed by atoms with Crippen molar-refractivity contribution in [3.8, 4) is 39.5 Å². The predicted molar refractivity (Wildman–Crippen MR) is 139 cm³/mol. The van der Waals surface area contributed by atoms with E-state index in [9.17, 15) is 14.4 Å². The molecule has 3 aromatic carbocycles. The fourth-order valence-electron chi connectivity index (χ4n) is 3.02. The molecule has 0 radical (unpaired) electrons. The molecule has 0 N–H and O–H groups in total. The molecule has 0 bridgehead atoms. The summed E-state index contributed by atoms with van der Waals surface area (Å²) in [6.07, 6.45) is 1.03. The van der Waals surface area contributed by atoms with E-state index in [4.69, 9.17) is 14.2 Å². The van der Waals surface area contributed by atoms with Crippen LogP contribution in [-0.2, 0) is 14.4 Å². The molecular formula is C30H28O6. The number of ether oxygens (including phenoxy) is 3. The van der Waals surface area contributed by atoms with E-state index in [-0.39, 0.29) is 23.0 Å². The Kier molecular flexibility index (Phi) is 7.90. The van der Waals surface area contributed by atoms with Gasteiger partial charge in [-0.1, -0.05) is 55.6 Å². The average Bonchev–Trinajstić information content (AvgIpc) is 2.85. The van der Waals surface area contributed by atoms with Crippen LogP contribution in [0.5, 0.6) is 17.2 Å². The Bertz CT molecular complexity index is 1310. The van der Waals surface area contributed by atoms with Crippen LogP contribution < -0.4 is 14.2 Å². The van der Waals surface area contributed by atoms with Crippen molar-refractivity contribution in [3.05, 3.63) is 91.5 Å². The van der Waals surface area contributed by atoms with Crippen LogP contribution in [0.2, 0.25) is 0 Å². The molecule has 0 aliphatic heterocycles. The van der Waals surface area contributed by atoms with Crippen LogP contribution in [0.4, 0.5) is 0 Å². The Balaban J connectivity index is 1.83. The normalized spacial score (nSPS) is 10.8. The standard InChI is InChI=1S/C30H28O6/c1-7-27(31)35-26-18-23(14-17-25(26)36-28(32)19(2)3)22-10-8-20(9-11-22)21-12-15-24(16-13-21)34-29(33)30(4,5)6/h7-18H,1-2H2,3-6H3. The van der Waals surface area contributed by atoms with Gasteiger partial charge in [0.2, 0.25) is 0 Å². The molecule has 0 saturated carbocycles. The lowest BCUT2D eigenvalue weighted by Crippen LogP contribution is -2.25. The van der Waals surface area contributed by atoms with E-state index in [1.807, 2.05) is 36.4 Å². The maximum absolute atomic E-state index is 12.1. The summed E-state index contributed by atoms with van der Waals surface area (Å²) in [6.45, 7) is 13.9. The molecule has 0 saturated heterocycles. The SMILES string of the molecule is C=CC(=O)Oc1cc(-c2ccc(-c3ccc(OC(=O)C(C)(C)C)cc3)cc2)ccc1OC(=O)C(=C)C. The van der Waals surface area contributed by atoms with E-state index in [0.29, 0.717) is 5.75 Å². The van der Waals surface area contributed by atoms with Gasteiger partial charge < -0.3 is 14.2 Å². The first-order valence-corrected chi connectivity index (χ1v) is 11.3. The van der Waals surface area contributed by atoms with Crippen molar-refractivity contribution in [2.75, 3.05) is 0 Å². The minimum atomic E-state index is -0.674. The summed E-state index contributed by atoms with van der Waals surface area (Å²) in [5.41, 5.74) is 3.19. The fourth-order valence-corrected chi connectivity index (χ4v) is 3.02. The highest BCUT2D eigenvalue weighted by atomic mass is 16.6. The van der Waals surface area contributed by atoms with E-state index in [2.05, 4.69) is 13.2 Å². The van der Waals surface area contributed by atoms with Crippen molar-refractivity contribution >= 4 is 17.9 Å². The lowest BCUT2D eigenvalue weighted by molar-refractivity contribution is -0.143. The van der Waals surface area contributed by atoms with E-state index < -0.39 is 17.4 Å². The predicted octanol–water partition coefficient (Wildman–Crippen LogP) is 6.55. The second-order valence-electron chi connectivity index (χ2n) is 9.20. The number of carbonyl (C=O) groups excluding carboxylic acids is 3. The van der Waals surface area contributed by atoms with Crippen LogP contribution in [0.25, 0.3) is 22.3 Å². The monoisotopic (exact) mass is 484 g/mol. The van der Waals surface area contributed by atoms with Gasteiger partial charge >= 0.3 is 17.9 Å². The van der Waals surface area contributed by atoms with Crippen LogP contribution in [-0.4, -0.2) is 17.9 Å². The van der Waals surface area contributed by atoms with Gasteiger partial charge in [0.1, 0.15) is 5.75 Å². The zero-order chi connectivity index (χ0) is 26.5. The minimum absolute atomic E-state index is 0.0940. The van der Waals surface area contributed by atoms with Gasteiger partial charge in [-0.05, 0) is 74.2 Å². The smallest absolute Gasteiger partial charge is 0.338 e. The number of hydrogen-bond acceptors (Lipinski definition) is 6. The van der Waals surface area contributed by atoms with Gasteiger partial charge in [0, 0.05) is 11.6 Å². The minimum Gasteiger partial charge on any atom is -0.426 e. The van der Waals surface area contributed by atoms with Crippen LogP contribution in [0.1, 0.15) is 27.7 Å². The van der Waals surface area contributed by atoms with Crippen molar-refractivity contribution in [2.24, 2.45) is 5.41 Å². The fraction of sp³-hybridized carbons (Fsp3) is 0.167. The second kappa shape index (κ2) is 10.9. The Morgan fingerprint density at radius 1 is 0.722 bits per heavy atom. The largest absolute Gasteiger partial charge is 0.426 e. The van der Waals surface area contributed by atoms with E-state index in [1.165, 1.54) is 6.92 Å². The molecule has 6 nitrogen and oxygen atoms in total. The van der Waals surface area contributed by atoms with Gasteiger partial charge in [0.05, 0.1) is 5.41 Å². The van der Waals surface area contributed by atoms with Crippen LogP contribution >= 0.6 is 0 Å². The molecule has 36 heavy (non-hydrogen) atoms. The molecule has 3 rings (SSSR count). The van der Waals surface area contributed by atoms with E-state index >= 15 is 0 Å². The molecule has 184 valence electrons. The van der Waals surface area contributed by atoms with Gasteiger partial charge in [0.25, 0.3) is 0 Å². The summed E-state index contributed by atoms with van der Waals surface area (Å²) in [5.74, 6) is -0.904. The summed E-state index contributed by atoms with van der Waals surface area (Å²) in [7, 11) is 0. The molecule has 0 amide bonds. The Hall–Kier alpha value is -4.45. The van der Waals surface area contributed by atoms with Crippen molar-refractivity contribution in [2.45, 2.75) is 27.7 Å². The van der Waals surface area contributed by atoms with Crippen molar-refractivity contribution in [3.63, 3.8) is 0 Å². The molecule has 0 fully saturated rings. The first kappa shape index (κ1) is 26.2. The highest BCUT2D eigenvalue weighted by Crippen LogP contribution is 2.34. The first-order chi connectivity index (χ1) is 17.0. The lowest BCUT2D eigenvalue weighted by Gasteiger charge is -2.16. The van der Waals surface area contributed by atoms with E-state index in [0.717, 1.165) is 28.3 Å². The number of hydrogen-bond donors (Lipinski definition) is 0. The van der Waals surface area contributed by atoms with Gasteiger partial charge in [-0.3, -0.25) is 4.79 Å². The Morgan fingerprint density at radius 2 is 1.22 bits per heavy atom. The Morgan fingerprint density at radius 3 is 1.72 bits per heavy atom. The zero-order valence-corrected chi connectivity index (χ0v) is 20.8. The maximum atomic E-state index is 12.1. The van der Waals surface area contributed by atoms with Crippen LogP contribution in [0.3, 0.4) is 0 Å². The zero-order valence-electron chi connectivity index (χ0n) is 20.8. The quantitative estimate of drug-likeness (QED) is 0.215. The summed E-state index contributed by atoms with van der Waals surface area (Å²) in [5, 5.41) is 0. The van der Waals surface area contributed by atoms with Crippen molar-refractivity contribution in [1.82, 2.24) is 0 Å². The van der Waals surface area contributed by atoms with Crippen LogP contribution in [0, 0.1) is 5.41 Å². The number of benzene rings is 3. The third kappa shape index (κ3) is 6.57. The first-order valence-electron chi connectivity index (χ1n) is 11.3. The van der Waals surface area contributed by atoms with Gasteiger partial charge in [0.15, 0.2) is 11.5 Å². The van der Waals surface area contributed by atoms with Crippen LogP contribution in [0.15, 0.2) is 91.5 Å². The van der Waals surface area contributed by atoms with Crippen molar-refractivity contribution < 1.29 is 28.6 Å². The summed E-state index contributed by atoms with van der Waals surface area (Å²) < 4.78 is 16.0. The number of carbonyl (C=O) groups is 3. The molecule has 0 aliphatic carbocycles. The molecule has 6 heteroatoms. The topological polar surface area (TPSA) is 78.9 Å². The molecule has 0 heterocycles. The number of esters is 3. The third-order valence-electron chi connectivity index (χ3n) is 5.10. The molecular weight excluding hydrogens is 456 g/mol. The average molecular weight is 485 g/mol. The second-order valence-corrected chi connectivity index (χ2v) is 9.20. The summed E-state index contributed by atoms with van der Waals surface area (Å²) >= 11 is 0. The molecule has 0 aromatic heterocycles. The molecule has 3 aromatic rings. The number of rotatable bonds is 7. The van der Waals surface area contributed by atoms with Crippen molar-refractivity contribution in [1.29, 1.82) is 0 Å². The molecule has 0 spiro atoms. The molecule has 0 atom stereocenters. The Labute approximate surface area is 210 Å². The van der Waals surface area contributed by atoms with Gasteiger partial charge in [-0.15, -0.1) is 0 Å². The lowest BCUT2D eigenvalue weighted by atomic mass is 9.97. The highest BCUT2D eigenvalue weighted by molar-refractivity contribution is 5.90. The summed E-state index contributed by atoms with van der Waals surface area (Å²) in [6, 6.07) is 20.0. The molecule has 0 unspecified atom stereocenters. The summed E-state index contributed by atoms with van der Waals surface area (Å²) in [4.78, 5) is 35.8. The molecule has 0 aliphatic rings. The third-order valence-corrected chi connectivity index (χ3v) is 5.10. The van der Waals surface area contributed by atoms with Gasteiger partial charge in [-0.2, -0.15) is 0 Å². The van der Waals surface area contributed by atoms with E-state index in [1.54, 1.807) is 51.1 Å². The van der Waals surface area contributed by atoms with Gasteiger partial charge in [-0.25, -0.2) is 9.59 Å².